The summed E-state index contributed by atoms with van der Waals surface area (Å²) in [7, 11) is 1.68. The second-order valence-corrected chi connectivity index (χ2v) is 4.54. The van der Waals surface area contributed by atoms with Crippen LogP contribution in [-0.4, -0.2) is 30.4 Å². The molecule has 2 aromatic rings. The summed E-state index contributed by atoms with van der Waals surface area (Å²) in [4.78, 5) is 4.27. The highest BCUT2D eigenvalue weighted by atomic mass is 16.5. The molecular formula is C16H20N2O3. The van der Waals surface area contributed by atoms with Gasteiger partial charge in [0, 0.05) is 38.0 Å². The molecule has 0 radical (unpaired) electrons. The Kier molecular flexibility index (Phi) is 6.15. The highest BCUT2D eigenvalue weighted by Gasteiger charge is 2.04. The van der Waals surface area contributed by atoms with E-state index in [1.807, 2.05) is 36.4 Å². The van der Waals surface area contributed by atoms with Crippen LogP contribution in [0.25, 0.3) is 0 Å². The summed E-state index contributed by atoms with van der Waals surface area (Å²) >= 11 is 0. The van der Waals surface area contributed by atoms with Gasteiger partial charge in [0.25, 0.3) is 0 Å². The van der Waals surface area contributed by atoms with Crippen LogP contribution >= 0.6 is 0 Å². The average Bonchev–Trinajstić information content (AvgIpc) is 2.54. The highest BCUT2D eigenvalue weighted by Crippen LogP contribution is 2.23. The number of hydrogen-bond acceptors (Lipinski definition) is 5. The van der Waals surface area contributed by atoms with E-state index in [0.717, 1.165) is 24.2 Å². The van der Waals surface area contributed by atoms with E-state index in [1.54, 1.807) is 13.3 Å². The third-order valence-corrected chi connectivity index (χ3v) is 2.97. The Labute approximate surface area is 124 Å². The predicted octanol–water partition coefficient (Wildman–Crippen LogP) is 2.10. The Bertz CT molecular complexity index is 543. The van der Waals surface area contributed by atoms with Crippen molar-refractivity contribution in [1.29, 1.82) is 0 Å². The number of hydrogen-bond donors (Lipinski definition) is 2. The molecule has 0 aliphatic rings. The van der Waals surface area contributed by atoms with E-state index in [4.69, 9.17) is 9.47 Å². The van der Waals surface area contributed by atoms with Crippen molar-refractivity contribution in [1.82, 2.24) is 10.3 Å². The molecule has 1 aromatic carbocycles. The molecule has 5 heteroatoms. The van der Waals surface area contributed by atoms with Crippen LogP contribution in [0.5, 0.6) is 11.6 Å². The minimum atomic E-state index is -0.0579. The number of methoxy groups -OCH3 is 1. The molecule has 2 rings (SSSR count). The molecule has 1 heterocycles. The molecule has 0 amide bonds. The minimum Gasteiger partial charge on any atom is -0.439 e. The van der Waals surface area contributed by atoms with Crippen molar-refractivity contribution in [3.63, 3.8) is 0 Å². The highest BCUT2D eigenvalue weighted by molar-refractivity contribution is 5.35. The molecular weight excluding hydrogens is 268 g/mol. The molecule has 0 unspecified atom stereocenters. The monoisotopic (exact) mass is 288 g/mol. The second-order valence-electron chi connectivity index (χ2n) is 4.54. The van der Waals surface area contributed by atoms with Gasteiger partial charge in [0.05, 0.1) is 13.2 Å². The Morgan fingerprint density at radius 2 is 2.05 bits per heavy atom. The van der Waals surface area contributed by atoms with E-state index in [1.165, 1.54) is 0 Å². The van der Waals surface area contributed by atoms with Crippen LogP contribution in [0.15, 0.2) is 42.6 Å². The molecule has 0 saturated carbocycles. The Hall–Kier alpha value is -1.95. The summed E-state index contributed by atoms with van der Waals surface area (Å²) in [6.07, 6.45) is 1.77. The van der Waals surface area contributed by atoms with Gasteiger partial charge in [0.1, 0.15) is 5.75 Å². The summed E-state index contributed by atoms with van der Waals surface area (Å²) in [6.45, 7) is 2.17. The van der Waals surface area contributed by atoms with E-state index in [-0.39, 0.29) is 6.61 Å². The smallest absolute Gasteiger partial charge is 0.219 e. The lowest BCUT2D eigenvalue weighted by Gasteiger charge is -2.09. The van der Waals surface area contributed by atoms with E-state index < -0.39 is 0 Å². The number of para-hydroxylation sites is 1. The third kappa shape index (κ3) is 4.82. The van der Waals surface area contributed by atoms with Crippen molar-refractivity contribution in [2.75, 3.05) is 20.3 Å². The van der Waals surface area contributed by atoms with Crippen molar-refractivity contribution in [2.45, 2.75) is 13.2 Å². The van der Waals surface area contributed by atoms with Crippen molar-refractivity contribution < 1.29 is 14.6 Å². The maximum absolute atomic E-state index is 9.26. The molecule has 0 saturated heterocycles. The van der Waals surface area contributed by atoms with Crippen molar-refractivity contribution in [3.8, 4) is 11.6 Å². The van der Waals surface area contributed by atoms with Gasteiger partial charge in [-0.3, -0.25) is 0 Å². The maximum Gasteiger partial charge on any atom is 0.219 e. The van der Waals surface area contributed by atoms with Crippen LogP contribution in [0.1, 0.15) is 11.1 Å². The molecule has 1 aromatic heterocycles. The number of rotatable bonds is 8. The van der Waals surface area contributed by atoms with E-state index in [9.17, 15) is 5.11 Å². The predicted molar refractivity (Wildman–Crippen MR) is 80.3 cm³/mol. The van der Waals surface area contributed by atoms with E-state index in [2.05, 4.69) is 10.3 Å². The number of ether oxygens (including phenoxy) is 2. The molecule has 112 valence electrons. The van der Waals surface area contributed by atoms with Gasteiger partial charge in [-0.25, -0.2) is 4.98 Å². The molecule has 5 nitrogen and oxygen atoms in total. The van der Waals surface area contributed by atoms with Crippen LogP contribution in [-0.2, 0) is 17.9 Å². The molecule has 21 heavy (non-hydrogen) atoms. The zero-order chi connectivity index (χ0) is 14.9. The molecule has 0 bridgehead atoms. The lowest BCUT2D eigenvalue weighted by atomic mass is 10.2. The normalized spacial score (nSPS) is 10.6. The van der Waals surface area contributed by atoms with Crippen LogP contribution in [0, 0.1) is 0 Å². The number of pyridine rings is 1. The first-order valence-electron chi connectivity index (χ1n) is 6.84. The van der Waals surface area contributed by atoms with Gasteiger partial charge < -0.3 is 19.9 Å². The first kappa shape index (κ1) is 15.4. The number of benzene rings is 1. The SMILES string of the molecule is COCCNCc1ccc(Oc2ccccc2CO)nc1. The number of aliphatic hydroxyl groups is 1. The largest absolute Gasteiger partial charge is 0.439 e. The fourth-order valence-electron chi connectivity index (χ4n) is 1.83. The first-order valence-corrected chi connectivity index (χ1v) is 6.84. The third-order valence-electron chi connectivity index (χ3n) is 2.97. The van der Waals surface area contributed by atoms with Crippen molar-refractivity contribution in [2.24, 2.45) is 0 Å². The quantitative estimate of drug-likeness (QED) is 0.728. The summed E-state index contributed by atoms with van der Waals surface area (Å²) in [5.74, 6) is 1.13. The van der Waals surface area contributed by atoms with Crippen LogP contribution in [0.4, 0.5) is 0 Å². The Morgan fingerprint density at radius 3 is 2.76 bits per heavy atom. The zero-order valence-electron chi connectivity index (χ0n) is 12.1. The average molecular weight is 288 g/mol. The Morgan fingerprint density at radius 1 is 1.19 bits per heavy atom. The number of aromatic nitrogens is 1. The van der Waals surface area contributed by atoms with Gasteiger partial charge in [0.2, 0.25) is 5.88 Å². The number of nitrogens with zero attached hydrogens (tertiary/aromatic N) is 1. The molecule has 0 atom stereocenters. The summed E-state index contributed by atoms with van der Waals surface area (Å²) < 4.78 is 10.7. The maximum atomic E-state index is 9.26. The summed E-state index contributed by atoms with van der Waals surface area (Å²) in [5.41, 5.74) is 1.82. The van der Waals surface area contributed by atoms with Gasteiger partial charge in [-0.15, -0.1) is 0 Å². The minimum absolute atomic E-state index is 0.0579. The lowest BCUT2D eigenvalue weighted by molar-refractivity contribution is 0.199. The zero-order valence-corrected chi connectivity index (χ0v) is 12.1. The fraction of sp³-hybridized carbons (Fsp3) is 0.312. The standard InChI is InChI=1S/C16H20N2O3/c1-20-9-8-17-10-13-6-7-16(18-11-13)21-15-5-3-2-4-14(15)12-19/h2-7,11,17,19H,8-10,12H2,1H3. The second kappa shape index (κ2) is 8.36. The van der Waals surface area contributed by atoms with Gasteiger partial charge >= 0.3 is 0 Å². The molecule has 0 spiro atoms. The van der Waals surface area contributed by atoms with Gasteiger partial charge in [0.15, 0.2) is 0 Å². The topological polar surface area (TPSA) is 63.6 Å². The van der Waals surface area contributed by atoms with E-state index in [0.29, 0.717) is 18.2 Å². The Balaban J connectivity index is 1.93. The number of aliphatic hydroxyl groups excluding tert-OH is 1. The van der Waals surface area contributed by atoms with Crippen molar-refractivity contribution >= 4 is 0 Å². The summed E-state index contributed by atoms with van der Waals surface area (Å²) in [6, 6.07) is 11.1. The number of nitrogens with one attached hydrogen (secondary N) is 1. The molecule has 0 aliphatic carbocycles. The molecule has 2 N–H and O–H groups in total. The molecule has 0 aliphatic heterocycles. The molecule has 0 fully saturated rings. The fourth-order valence-corrected chi connectivity index (χ4v) is 1.83. The van der Waals surface area contributed by atoms with Crippen LogP contribution < -0.4 is 10.1 Å². The van der Waals surface area contributed by atoms with Gasteiger partial charge in [-0.1, -0.05) is 24.3 Å². The van der Waals surface area contributed by atoms with Gasteiger partial charge in [-0.05, 0) is 11.6 Å². The van der Waals surface area contributed by atoms with Gasteiger partial charge in [-0.2, -0.15) is 0 Å². The van der Waals surface area contributed by atoms with Crippen LogP contribution in [0.3, 0.4) is 0 Å². The lowest BCUT2D eigenvalue weighted by Crippen LogP contribution is -2.18. The van der Waals surface area contributed by atoms with Crippen LogP contribution in [0.2, 0.25) is 0 Å². The van der Waals surface area contributed by atoms with Crippen molar-refractivity contribution in [3.05, 3.63) is 53.7 Å². The first-order chi connectivity index (χ1) is 10.3. The van der Waals surface area contributed by atoms with E-state index >= 15 is 0 Å². The summed E-state index contributed by atoms with van der Waals surface area (Å²) in [5, 5.41) is 12.5.